The number of rotatable bonds is 4. The molecular weight excluding hydrogens is 226 g/mol. The molecule has 0 aromatic heterocycles. The van der Waals surface area contributed by atoms with Crippen LogP contribution in [0.5, 0.6) is 0 Å². The predicted molar refractivity (Wildman–Crippen MR) is 59.1 cm³/mol. The van der Waals surface area contributed by atoms with Gasteiger partial charge in [0, 0.05) is 26.1 Å². The van der Waals surface area contributed by atoms with Gasteiger partial charge in [0.05, 0.1) is 5.92 Å². The molecule has 2 unspecified atom stereocenters. The molecule has 0 aromatic rings. The molecule has 0 spiro atoms. The molecule has 1 rings (SSSR count). The van der Waals surface area contributed by atoms with Crippen LogP contribution in [0.1, 0.15) is 13.3 Å². The van der Waals surface area contributed by atoms with Crippen molar-refractivity contribution in [2.24, 2.45) is 17.6 Å². The summed E-state index contributed by atoms with van der Waals surface area (Å²) in [4.78, 5) is 34.4. The smallest absolute Gasteiger partial charge is 0.317 e. The van der Waals surface area contributed by atoms with Crippen molar-refractivity contribution >= 4 is 17.9 Å². The Hall–Kier alpha value is -1.79. The molecule has 3 amide bonds. The van der Waals surface area contributed by atoms with Gasteiger partial charge < -0.3 is 21.1 Å². The van der Waals surface area contributed by atoms with Crippen LogP contribution < -0.4 is 11.1 Å². The summed E-state index contributed by atoms with van der Waals surface area (Å²) in [6, 6.07) is -0.346. The summed E-state index contributed by atoms with van der Waals surface area (Å²) >= 11 is 0. The molecule has 7 nitrogen and oxygen atoms in total. The van der Waals surface area contributed by atoms with E-state index in [1.165, 1.54) is 4.90 Å². The van der Waals surface area contributed by atoms with Gasteiger partial charge in [-0.2, -0.15) is 0 Å². The minimum absolute atomic E-state index is 0.0607. The normalized spacial score (nSPS) is 23.5. The number of urea groups is 1. The third-order valence-corrected chi connectivity index (χ3v) is 2.86. The van der Waals surface area contributed by atoms with Gasteiger partial charge in [-0.3, -0.25) is 9.59 Å². The summed E-state index contributed by atoms with van der Waals surface area (Å²) in [7, 11) is 0. The summed E-state index contributed by atoms with van der Waals surface area (Å²) < 4.78 is 0. The third kappa shape index (κ3) is 3.61. The number of hydrogen-bond acceptors (Lipinski definition) is 3. The molecule has 1 aliphatic heterocycles. The van der Waals surface area contributed by atoms with Gasteiger partial charge >= 0.3 is 12.0 Å². The van der Waals surface area contributed by atoms with Crippen LogP contribution in [-0.2, 0) is 9.59 Å². The highest BCUT2D eigenvalue weighted by atomic mass is 16.4. The number of nitrogens with zero attached hydrogens (tertiary/aromatic N) is 1. The van der Waals surface area contributed by atoms with E-state index in [0.717, 1.165) is 0 Å². The minimum atomic E-state index is -0.884. The fourth-order valence-corrected chi connectivity index (χ4v) is 1.86. The molecule has 2 atom stereocenters. The van der Waals surface area contributed by atoms with Gasteiger partial charge in [-0.1, -0.05) is 6.92 Å². The highest BCUT2D eigenvalue weighted by Crippen LogP contribution is 2.22. The Morgan fingerprint density at radius 2 is 2.06 bits per heavy atom. The van der Waals surface area contributed by atoms with Crippen LogP contribution in [0, 0.1) is 11.8 Å². The second-order valence-electron chi connectivity index (χ2n) is 4.28. The maximum Gasteiger partial charge on any atom is 0.317 e. The molecule has 1 aliphatic rings. The number of nitrogens with two attached hydrogens (primary N) is 1. The molecule has 1 fully saturated rings. The summed E-state index contributed by atoms with van der Waals surface area (Å²) in [6.45, 7) is 2.60. The molecule has 96 valence electrons. The zero-order valence-corrected chi connectivity index (χ0v) is 9.68. The monoisotopic (exact) mass is 243 g/mol. The van der Waals surface area contributed by atoms with Gasteiger partial charge in [-0.25, -0.2) is 4.79 Å². The topological polar surface area (TPSA) is 113 Å². The number of amides is 3. The van der Waals surface area contributed by atoms with Crippen LogP contribution in [0.2, 0.25) is 0 Å². The van der Waals surface area contributed by atoms with E-state index in [4.69, 9.17) is 10.8 Å². The molecule has 0 bridgehead atoms. The fourth-order valence-electron chi connectivity index (χ4n) is 1.86. The van der Waals surface area contributed by atoms with Gasteiger partial charge in [0.1, 0.15) is 0 Å². The van der Waals surface area contributed by atoms with Crippen LogP contribution in [-0.4, -0.2) is 47.5 Å². The van der Waals surface area contributed by atoms with Crippen LogP contribution >= 0.6 is 0 Å². The molecule has 0 aliphatic carbocycles. The number of carboxylic acid groups (broad SMARTS) is 1. The quantitative estimate of drug-likeness (QED) is 0.601. The first-order valence-corrected chi connectivity index (χ1v) is 5.45. The van der Waals surface area contributed by atoms with Crippen LogP contribution in [0.15, 0.2) is 0 Å². The van der Waals surface area contributed by atoms with Crippen LogP contribution in [0.4, 0.5) is 4.79 Å². The van der Waals surface area contributed by atoms with Crippen LogP contribution in [0.25, 0.3) is 0 Å². The third-order valence-electron chi connectivity index (χ3n) is 2.86. The van der Waals surface area contributed by atoms with Gasteiger partial charge in [0.15, 0.2) is 0 Å². The van der Waals surface area contributed by atoms with Gasteiger partial charge in [0.2, 0.25) is 5.91 Å². The summed E-state index contributed by atoms with van der Waals surface area (Å²) in [5, 5.41) is 11.4. The number of aliphatic carboxylic acids is 1. The van der Waals surface area contributed by atoms with Crippen molar-refractivity contribution in [3.05, 3.63) is 0 Å². The Bertz CT molecular complexity index is 332. The number of likely N-dealkylation sites (tertiary alicyclic amines) is 1. The Morgan fingerprint density at radius 1 is 1.41 bits per heavy atom. The van der Waals surface area contributed by atoms with Crippen molar-refractivity contribution in [1.82, 2.24) is 10.2 Å². The second kappa shape index (κ2) is 5.51. The molecular formula is C10H17N3O4. The summed E-state index contributed by atoms with van der Waals surface area (Å²) in [5.41, 5.74) is 4.93. The fraction of sp³-hybridized carbons (Fsp3) is 0.700. The van der Waals surface area contributed by atoms with E-state index >= 15 is 0 Å². The van der Waals surface area contributed by atoms with E-state index in [1.807, 2.05) is 0 Å². The maximum atomic E-state index is 11.6. The lowest BCUT2D eigenvalue weighted by molar-refractivity contribution is -0.142. The van der Waals surface area contributed by atoms with Gasteiger partial charge in [-0.15, -0.1) is 0 Å². The van der Waals surface area contributed by atoms with E-state index in [9.17, 15) is 14.4 Å². The predicted octanol–water partition coefficient (Wildman–Crippen LogP) is -0.776. The highest BCUT2D eigenvalue weighted by Gasteiger charge is 2.36. The standard InChI is InChI=1S/C10H17N3O4/c1-6-4-13(5-7(6)9(15)16)10(17)12-3-2-8(11)14/h6-7H,2-5H2,1H3,(H2,11,14)(H,12,17)(H,15,16). The first kappa shape index (κ1) is 13.3. The molecule has 1 saturated heterocycles. The number of primary amides is 1. The Balaban J connectivity index is 2.39. The van der Waals surface area contributed by atoms with Gasteiger partial charge in [-0.05, 0) is 5.92 Å². The molecule has 1 heterocycles. The lowest BCUT2D eigenvalue weighted by atomic mass is 9.99. The first-order chi connectivity index (χ1) is 7.91. The summed E-state index contributed by atoms with van der Waals surface area (Å²) in [5.74, 6) is -1.94. The maximum absolute atomic E-state index is 11.6. The molecule has 7 heteroatoms. The number of nitrogens with one attached hydrogen (secondary N) is 1. The average molecular weight is 243 g/mol. The van der Waals surface area contributed by atoms with E-state index in [2.05, 4.69) is 5.32 Å². The largest absolute Gasteiger partial charge is 0.481 e. The van der Waals surface area contributed by atoms with Crippen molar-refractivity contribution in [3.8, 4) is 0 Å². The van der Waals surface area contributed by atoms with Crippen molar-refractivity contribution in [3.63, 3.8) is 0 Å². The van der Waals surface area contributed by atoms with Crippen molar-refractivity contribution in [2.45, 2.75) is 13.3 Å². The molecule has 0 saturated carbocycles. The van der Waals surface area contributed by atoms with E-state index < -0.39 is 17.8 Å². The van der Waals surface area contributed by atoms with Crippen LogP contribution in [0.3, 0.4) is 0 Å². The number of carbonyl (C=O) groups is 3. The number of hydrogen-bond donors (Lipinski definition) is 3. The SMILES string of the molecule is CC1CN(C(=O)NCCC(N)=O)CC1C(=O)O. The number of carbonyl (C=O) groups excluding carboxylic acids is 2. The van der Waals surface area contributed by atoms with Crippen molar-refractivity contribution in [2.75, 3.05) is 19.6 Å². The molecule has 0 aromatic carbocycles. The van der Waals surface area contributed by atoms with Crippen molar-refractivity contribution < 1.29 is 19.5 Å². The highest BCUT2D eigenvalue weighted by molar-refractivity contribution is 5.78. The zero-order chi connectivity index (χ0) is 13.0. The first-order valence-electron chi connectivity index (χ1n) is 5.45. The minimum Gasteiger partial charge on any atom is -0.481 e. The van der Waals surface area contributed by atoms with E-state index in [1.54, 1.807) is 6.92 Å². The Labute approximate surface area is 98.9 Å². The zero-order valence-electron chi connectivity index (χ0n) is 9.68. The van der Waals surface area contributed by atoms with Crippen molar-refractivity contribution in [1.29, 1.82) is 0 Å². The van der Waals surface area contributed by atoms with Gasteiger partial charge in [0.25, 0.3) is 0 Å². The van der Waals surface area contributed by atoms with E-state index in [0.29, 0.717) is 6.54 Å². The molecule has 17 heavy (non-hydrogen) atoms. The molecule has 4 N–H and O–H groups in total. The number of carboxylic acids is 1. The Kier molecular flexibility index (Phi) is 4.30. The molecule has 0 radical (unpaired) electrons. The summed E-state index contributed by atoms with van der Waals surface area (Å²) in [6.07, 6.45) is 0.0808. The second-order valence-corrected chi connectivity index (χ2v) is 4.28. The van der Waals surface area contributed by atoms with E-state index in [-0.39, 0.29) is 31.5 Å². The average Bonchev–Trinajstić information content (AvgIpc) is 2.59. The lowest BCUT2D eigenvalue weighted by Gasteiger charge is -2.16. The lowest BCUT2D eigenvalue weighted by Crippen LogP contribution is -2.40. The Morgan fingerprint density at radius 3 is 2.53 bits per heavy atom.